The van der Waals surface area contributed by atoms with Gasteiger partial charge < -0.3 is 0 Å². The van der Waals surface area contributed by atoms with Crippen LogP contribution in [0, 0.1) is 0 Å². The van der Waals surface area contributed by atoms with Crippen LogP contribution in [0.15, 0.2) is 84.9 Å². The van der Waals surface area contributed by atoms with Crippen molar-refractivity contribution in [1.82, 2.24) is 19.2 Å². The van der Waals surface area contributed by atoms with Crippen molar-refractivity contribution >= 4 is 22.6 Å². The number of nitrogens with zero attached hydrogens (tertiary/aromatic N) is 4. The molecule has 5 nitrogen and oxygen atoms in total. The number of benzene rings is 3. The zero-order valence-corrected chi connectivity index (χ0v) is 13.8. The first-order valence-corrected chi connectivity index (χ1v) is 8.34. The molecule has 5 rings (SSSR count). The Labute approximate surface area is 149 Å². The Morgan fingerprint density at radius 3 is 2.19 bits per heavy atom. The van der Waals surface area contributed by atoms with Crippen molar-refractivity contribution in [2.75, 3.05) is 0 Å². The Balaban J connectivity index is 1.84. The lowest BCUT2D eigenvalue weighted by molar-refractivity contribution is 0.102. The lowest BCUT2D eigenvalue weighted by Gasteiger charge is -2.00. The second-order valence-electron chi connectivity index (χ2n) is 6.00. The van der Waals surface area contributed by atoms with Crippen LogP contribution in [0.2, 0.25) is 0 Å². The number of rotatable bonds is 3. The van der Waals surface area contributed by atoms with Gasteiger partial charge in [-0.25, -0.2) is 4.98 Å². The lowest BCUT2D eigenvalue weighted by atomic mass is 10.1. The van der Waals surface area contributed by atoms with Crippen LogP contribution in [0.1, 0.15) is 16.2 Å². The number of carbonyl (C=O) groups is 1. The summed E-state index contributed by atoms with van der Waals surface area (Å²) in [7, 11) is 0. The van der Waals surface area contributed by atoms with E-state index in [0.717, 1.165) is 16.7 Å². The van der Waals surface area contributed by atoms with Gasteiger partial charge in [0.05, 0.1) is 16.7 Å². The Morgan fingerprint density at radius 2 is 1.42 bits per heavy atom. The Hall–Kier alpha value is -3.73. The van der Waals surface area contributed by atoms with E-state index in [1.807, 2.05) is 77.2 Å². The molecule has 0 saturated heterocycles. The molecule has 0 radical (unpaired) electrons. The number of imidazole rings is 1. The van der Waals surface area contributed by atoms with Gasteiger partial charge in [0, 0.05) is 5.56 Å². The highest BCUT2D eigenvalue weighted by atomic mass is 16.1. The fourth-order valence-corrected chi connectivity index (χ4v) is 3.16. The quantitative estimate of drug-likeness (QED) is 0.469. The third-order valence-electron chi connectivity index (χ3n) is 4.38. The maximum atomic E-state index is 13.1. The number of hydrogen-bond acceptors (Lipinski definition) is 3. The highest BCUT2D eigenvalue weighted by molar-refractivity contribution is 6.07. The minimum Gasteiger partial charge on any atom is -0.285 e. The third-order valence-corrected chi connectivity index (χ3v) is 4.38. The van der Waals surface area contributed by atoms with Crippen LogP contribution < -0.4 is 0 Å². The average molecular weight is 338 g/mol. The van der Waals surface area contributed by atoms with E-state index in [9.17, 15) is 4.79 Å². The molecule has 0 saturated carbocycles. The molecule has 124 valence electrons. The van der Waals surface area contributed by atoms with Crippen LogP contribution in [0.4, 0.5) is 0 Å². The first-order valence-electron chi connectivity index (χ1n) is 8.34. The minimum atomic E-state index is -0.131. The van der Waals surface area contributed by atoms with Crippen molar-refractivity contribution in [3.05, 3.63) is 96.3 Å². The fourth-order valence-electron chi connectivity index (χ4n) is 3.16. The zero-order chi connectivity index (χ0) is 17.5. The van der Waals surface area contributed by atoms with Gasteiger partial charge in [0.25, 0.3) is 0 Å². The van der Waals surface area contributed by atoms with Gasteiger partial charge in [-0.3, -0.25) is 9.20 Å². The first-order chi connectivity index (χ1) is 12.8. The van der Waals surface area contributed by atoms with Gasteiger partial charge in [-0.15, -0.1) is 5.10 Å². The summed E-state index contributed by atoms with van der Waals surface area (Å²) in [6.07, 6.45) is 0. The van der Waals surface area contributed by atoms with Crippen molar-refractivity contribution in [3.8, 4) is 5.69 Å². The van der Waals surface area contributed by atoms with E-state index in [0.29, 0.717) is 17.2 Å². The predicted molar refractivity (Wildman–Crippen MR) is 99.7 cm³/mol. The van der Waals surface area contributed by atoms with Crippen LogP contribution >= 0.6 is 0 Å². The van der Waals surface area contributed by atoms with Crippen molar-refractivity contribution in [2.24, 2.45) is 0 Å². The monoisotopic (exact) mass is 338 g/mol. The second-order valence-corrected chi connectivity index (χ2v) is 6.00. The molecule has 0 atom stereocenters. The molecule has 0 spiro atoms. The van der Waals surface area contributed by atoms with Crippen LogP contribution in [-0.4, -0.2) is 24.9 Å². The maximum absolute atomic E-state index is 13.1. The minimum absolute atomic E-state index is 0.131. The van der Waals surface area contributed by atoms with E-state index in [1.165, 1.54) is 0 Å². The molecular formula is C21H14N4O. The van der Waals surface area contributed by atoms with E-state index in [1.54, 1.807) is 16.8 Å². The van der Waals surface area contributed by atoms with Gasteiger partial charge in [0.1, 0.15) is 0 Å². The molecule has 0 fully saturated rings. The molecule has 5 aromatic rings. The van der Waals surface area contributed by atoms with Crippen LogP contribution in [0.25, 0.3) is 22.5 Å². The molecule has 2 aromatic heterocycles. The summed E-state index contributed by atoms with van der Waals surface area (Å²) in [5.41, 5.74) is 3.16. The Bertz CT molecular complexity index is 1240. The molecule has 0 unspecified atom stereocenters. The van der Waals surface area contributed by atoms with E-state index in [4.69, 9.17) is 4.98 Å². The topological polar surface area (TPSA) is 52.2 Å². The Kier molecular flexibility index (Phi) is 3.18. The van der Waals surface area contributed by atoms with Crippen molar-refractivity contribution in [3.63, 3.8) is 0 Å². The summed E-state index contributed by atoms with van der Waals surface area (Å²) >= 11 is 0. The van der Waals surface area contributed by atoms with Gasteiger partial charge in [-0.1, -0.05) is 60.7 Å². The summed E-state index contributed by atoms with van der Waals surface area (Å²) in [4.78, 5) is 17.8. The van der Waals surface area contributed by atoms with E-state index in [2.05, 4.69) is 5.10 Å². The van der Waals surface area contributed by atoms with E-state index >= 15 is 0 Å². The van der Waals surface area contributed by atoms with Crippen molar-refractivity contribution in [2.45, 2.75) is 0 Å². The molecule has 0 aliphatic carbocycles. The second kappa shape index (κ2) is 5.67. The first kappa shape index (κ1) is 14.6. The molecule has 2 heterocycles. The average Bonchev–Trinajstić information content (AvgIpc) is 3.26. The fraction of sp³-hybridized carbons (Fsp3) is 0. The Morgan fingerprint density at radius 1 is 0.769 bits per heavy atom. The van der Waals surface area contributed by atoms with Crippen LogP contribution in [-0.2, 0) is 0 Å². The molecule has 26 heavy (non-hydrogen) atoms. The molecule has 0 aliphatic heterocycles. The van der Waals surface area contributed by atoms with E-state index in [-0.39, 0.29) is 5.78 Å². The largest absolute Gasteiger partial charge is 0.285 e. The summed E-state index contributed by atoms with van der Waals surface area (Å²) in [6, 6.07) is 26.7. The number of hydrogen-bond donors (Lipinski definition) is 0. The molecule has 5 heteroatoms. The number of fused-ring (bicyclic) bond motifs is 3. The normalized spacial score (nSPS) is 11.2. The van der Waals surface area contributed by atoms with Crippen LogP contribution in [0.3, 0.4) is 0 Å². The number of carbonyl (C=O) groups excluding carboxylic acids is 1. The molecule has 0 bridgehead atoms. The SMILES string of the molecule is O=C(c1ccccc1)c1nn(-c2ccccc2)c2nc3ccccc3n12. The van der Waals surface area contributed by atoms with E-state index < -0.39 is 0 Å². The number of para-hydroxylation sites is 3. The molecule has 0 N–H and O–H groups in total. The van der Waals surface area contributed by atoms with Gasteiger partial charge in [-0.2, -0.15) is 4.68 Å². The smallest absolute Gasteiger partial charge is 0.238 e. The highest BCUT2D eigenvalue weighted by Crippen LogP contribution is 2.22. The number of ketones is 1. The summed E-state index contributed by atoms with van der Waals surface area (Å²) in [5.74, 6) is 0.842. The molecule has 0 amide bonds. The molecular weight excluding hydrogens is 324 g/mol. The summed E-state index contributed by atoms with van der Waals surface area (Å²) in [5, 5.41) is 4.61. The van der Waals surface area contributed by atoms with Crippen molar-refractivity contribution in [1.29, 1.82) is 0 Å². The third kappa shape index (κ3) is 2.14. The standard InChI is InChI=1S/C21H14N4O/c26-19(15-9-3-1-4-10-15)20-23-25(16-11-5-2-6-12-16)21-22-17-13-7-8-14-18(17)24(20)21/h1-14H. The molecule has 3 aromatic carbocycles. The number of aromatic nitrogens is 4. The van der Waals surface area contributed by atoms with Gasteiger partial charge >= 0.3 is 0 Å². The van der Waals surface area contributed by atoms with Crippen LogP contribution in [0.5, 0.6) is 0 Å². The maximum Gasteiger partial charge on any atom is 0.238 e. The summed E-state index contributed by atoms with van der Waals surface area (Å²) in [6.45, 7) is 0. The predicted octanol–water partition coefficient (Wildman–Crippen LogP) is 3.90. The van der Waals surface area contributed by atoms with Gasteiger partial charge in [0.2, 0.25) is 17.4 Å². The van der Waals surface area contributed by atoms with Crippen molar-refractivity contribution < 1.29 is 4.79 Å². The van der Waals surface area contributed by atoms with Gasteiger partial charge in [0.15, 0.2) is 0 Å². The highest BCUT2D eigenvalue weighted by Gasteiger charge is 2.22. The lowest BCUT2D eigenvalue weighted by Crippen LogP contribution is -2.07. The summed E-state index contributed by atoms with van der Waals surface area (Å²) < 4.78 is 3.55. The zero-order valence-electron chi connectivity index (χ0n) is 13.8. The molecule has 0 aliphatic rings. The van der Waals surface area contributed by atoms with Gasteiger partial charge in [-0.05, 0) is 24.3 Å².